The molecule has 0 aliphatic carbocycles. The van der Waals surface area contributed by atoms with Crippen LogP contribution in [-0.2, 0) is 11.2 Å². The lowest BCUT2D eigenvalue weighted by Gasteiger charge is -2.32. The number of anilines is 1. The first kappa shape index (κ1) is 20.8. The summed E-state index contributed by atoms with van der Waals surface area (Å²) in [4.78, 5) is 30.5. The third-order valence-corrected chi connectivity index (χ3v) is 5.53. The second-order valence-electron chi connectivity index (χ2n) is 7.54. The van der Waals surface area contributed by atoms with Crippen molar-refractivity contribution in [1.29, 1.82) is 0 Å². The topological polar surface area (TPSA) is 62.3 Å². The van der Waals surface area contributed by atoms with Crippen molar-refractivity contribution in [2.75, 3.05) is 18.4 Å². The van der Waals surface area contributed by atoms with Crippen molar-refractivity contribution in [2.24, 2.45) is 5.92 Å². The molecule has 5 heteroatoms. The van der Waals surface area contributed by atoms with Crippen LogP contribution in [-0.4, -0.2) is 34.8 Å². The van der Waals surface area contributed by atoms with Crippen molar-refractivity contribution < 1.29 is 9.59 Å². The summed E-state index contributed by atoms with van der Waals surface area (Å²) >= 11 is 0. The lowest BCUT2D eigenvalue weighted by molar-refractivity contribution is -0.111. The van der Waals surface area contributed by atoms with Gasteiger partial charge in [0.05, 0.1) is 11.4 Å². The monoisotopic (exact) mass is 391 g/mol. The van der Waals surface area contributed by atoms with Gasteiger partial charge in [-0.05, 0) is 61.9 Å². The van der Waals surface area contributed by atoms with Gasteiger partial charge in [-0.25, -0.2) is 0 Å². The normalized spacial score (nSPS) is 14.4. The van der Waals surface area contributed by atoms with Crippen molar-refractivity contribution in [3.05, 3.63) is 72.6 Å². The molecule has 1 aliphatic rings. The molecule has 2 heterocycles. The molecule has 0 spiro atoms. The zero-order chi connectivity index (χ0) is 20.5. The van der Waals surface area contributed by atoms with Crippen LogP contribution in [0.4, 0.5) is 5.69 Å². The Morgan fingerprint density at radius 3 is 2.59 bits per heavy atom. The highest BCUT2D eigenvalue weighted by atomic mass is 16.2. The molecule has 0 atom stereocenters. The molecular formula is C24H29N3O2. The summed E-state index contributed by atoms with van der Waals surface area (Å²) in [7, 11) is 0. The van der Waals surface area contributed by atoms with Crippen LogP contribution in [0.25, 0.3) is 0 Å². The van der Waals surface area contributed by atoms with Gasteiger partial charge in [0.15, 0.2) is 0 Å². The number of benzene rings is 1. The number of pyridine rings is 1. The summed E-state index contributed by atoms with van der Waals surface area (Å²) in [6.07, 6.45) is 9.36. The molecule has 0 radical (unpaired) electrons. The van der Waals surface area contributed by atoms with Gasteiger partial charge in [-0.3, -0.25) is 14.6 Å². The average Bonchev–Trinajstić information content (AvgIpc) is 2.78. The third-order valence-electron chi connectivity index (χ3n) is 5.53. The predicted octanol–water partition coefficient (Wildman–Crippen LogP) is 4.47. The van der Waals surface area contributed by atoms with E-state index in [2.05, 4.69) is 16.9 Å². The van der Waals surface area contributed by atoms with E-state index in [1.54, 1.807) is 6.20 Å². The van der Waals surface area contributed by atoms with Gasteiger partial charge < -0.3 is 10.2 Å². The van der Waals surface area contributed by atoms with Gasteiger partial charge in [0.2, 0.25) is 5.91 Å². The van der Waals surface area contributed by atoms with Crippen LogP contribution >= 0.6 is 0 Å². The maximum Gasteiger partial charge on any atom is 0.253 e. The lowest BCUT2D eigenvalue weighted by atomic mass is 9.91. The molecular weight excluding hydrogens is 362 g/mol. The number of aromatic nitrogens is 1. The molecule has 152 valence electrons. The highest BCUT2D eigenvalue weighted by Crippen LogP contribution is 2.24. The van der Waals surface area contributed by atoms with Crippen molar-refractivity contribution in [3.63, 3.8) is 0 Å². The Morgan fingerprint density at radius 1 is 1.10 bits per heavy atom. The minimum atomic E-state index is -0.212. The molecule has 1 aromatic heterocycles. The Balaban J connectivity index is 1.39. The minimum Gasteiger partial charge on any atom is -0.339 e. The van der Waals surface area contributed by atoms with Crippen LogP contribution in [0.15, 0.2) is 61.3 Å². The van der Waals surface area contributed by atoms with Gasteiger partial charge >= 0.3 is 0 Å². The van der Waals surface area contributed by atoms with E-state index in [9.17, 15) is 9.59 Å². The summed E-state index contributed by atoms with van der Waals surface area (Å²) in [5.74, 6) is 0.614. The molecule has 1 aliphatic heterocycles. The molecule has 1 saturated heterocycles. The van der Waals surface area contributed by atoms with Gasteiger partial charge in [-0.2, -0.15) is 0 Å². The van der Waals surface area contributed by atoms with Gasteiger partial charge in [0, 0.05) is 24.8 Å². The van der Waals surface area contributed by atoms with Crippen molar-refractivity contribution in [3.8, 4) is 0 Å². The van der Waals surface area contributed by atoms with Crippen LogP contribution in [0, 0.1) is 5.92 Å². The summed E-state index contributed by atoms with van der Waals surface area (Å²) < 4.78 is 0. The molecule has 5 nitrogen and oxygen atoms in total. The number of rotatable bonds is 8. The van der Waals surface area contributed by atoms with Crippen molar-refractivity contribution in [1.82, 2.24) is 9.88 Å². The molecule has 0 saturated carbocycles. The van der Waals surface area contributed by atoms with E-state index in [0.717, 1.165) is 62.1 Å². The smallest absolute Gasteiger partial charge is 0.253 e. The number of nitrogens with one attached hydrogen (secondary N) is 1. The highest BCUT2D eigenvalue weighted by molar-refractivity contribution is 5.99. The largest absolute Gasteiger partial charge is 0.339 e. The first-order chi connectivity index (χ1) is 14.2. The van der Waals surface area contributed by atoms with Gasteiger partial charge in [-0.1, -0.05) is 37.6 Å². The van der Waals surface area contributed by atoms with E-state index in [0.29, 0.717) is 5.92 Å². The van der Waals surface area contributed by atoms with E-state index >= 15 is 0 Å². The Labute approximate surface area is 172 Å². The van der Waals surface area contributed by atoms with Crippen molar-refractivity contribution >= 4 is 17.5 Å². The first-order valence-corrected chi connectivity index (χ1v) is 10.4. The molecule has 0 unspecified atom stereocenters. The molecule has 0 bridgehead atoms. The second-order valence-corrected chi connectivity index (χ2v) is 7.54. The number of unbranched alkanes of at least 4 members (excludes halogenated alkanes) is 1. The number of hydrogen-bond acceptors (Lipinski definition) is 3. The maximum absolute atomic E-state index is 12.5. The standard InChI is InChI=1S/C24H29N3O2/c1-2-23(28)26-22-13-8-16-25-21(22)12-7-6-9-19-14-17-27(18-15-19)24(29)20-10-4-3-5-11-20/h2-5,8,10-11,13,16,19H,1,6-7,9,12,14-15,17-18H2,(H,26,28). The average molecular weight is 392 g/mol. The zero-order valence-electron chi connectivity index (χ0n) is 16.8. The molecule has 2 aromatic rings. The minimum absolute atomic E-state index is 0.147. The van der Waals surface area contributed by atoms with E-state index in [1.165, 1.54) is 12.5 Å². The number of nitrogens with zero attached hydrogens (tertiary/aromatic N) is 2. The van der Waals surface area contributed by atoms with Crippen LogP contribution in [0.2, 0.25) is 0 Å². The summed E-state index contributed by atoms with van der Waals surface area (Å²) in [5.41, 5.74) is 2.47. The number of amides is 2. The molecule has 1 N–H and O–H groups in total. The number of carbonyl (C=O) groups excluding carboxylic acids is 2. The van der Waals surface area contributed by atoms with Crippen molar-refractivity contribution in [2.45, 2.75) is 38.5 Å². The molecule has 2 amide bonds. The highest BCUT2D eigenvalue weighted by Gasteiger charge is 2.23. The van der Waals surface area contributed by atoms with Gasteiger partial charge in [-0.15, -0.1) is 0 Å². The maximum atomic E-state index is 12.5. The quantitative estimate of drug-likeness (QED) is 0.533. The van der Waals surface area contributed by atoms with Gasteiger partial charge in [0.25, 0.3) is 5.91 Å². The Hall–Kier alpha value is -2.95. The Kier molecular flexibility index (Phi) is 7.56. The van der Waals surface area contributed by atoms with E-state index < -0.39 is 0 Å². The molecule has 29 heavy (non-hydrogen) atoms. The van der Waals surface area contributed by atoms with Gasteiger partial charge in [0.1, 0.15) is 0 Å². The SMILES string of the molecule is C=CC(=O)Nc1cccnc1CCCCC1CCN(C(=O)c2ccccc2)CC1. The van der Waals surface area contributed by atoms with E-state index in [1.807, 2.05) is 47.4 Å². The summed E-state index contributed by atoms with van der Waals surface area (Å²) in [5, 5.41) is 2.82. The number of likely N-dealkylation sites (tertiary alicyclic amines) is 1. The third kappa shape index (κ3) is 6.01. The molecule has 1 fully saturated rings. The summed E-state index contributed by atoms with van der Waals surface area (Å²) in [6, 6.07) is 13.2. The molecule has 3 rings (SSSR count). The Bertz CT molecular complexity index is 827. The number of carbonyl (C=O) groups is 2. The van der Waals surface area contributed by atoms with Crippen LogP contribution in [0.3, 0.4) is 0 Å². The number of piperidine rings is 1. The lowest BCUT2D eigenvalue weighted by Crippen LogP contribution is -2.38. The first-order valence-electron chi connectivity index (χ1n) is 10.4. The van der Waals surface area contributed by atoms with E-state index in [4.69, 9.17) is 0 Å². The van der Waals surface area contributed by atoms with Crippen LogP contribution in [0.5, 0.6) is 0 Å². The molecule has 1 aromatic carbocycles. The zero-order valence-corrected chi connectivity index (χ0v) is 16.8. The predicted molar refractivity (Wildman–Crippen MR) is 116 cm³/mol. The van der Waals surface area contributed by atoms with Crippen LogP contribution in [0.1, 0.15) is 48.2 Å². The number of hydrogen-bond donors (Lipinski definition) is 1. The second kappa shape index (κ2) is 10.6. The fourth-order valence-electron chi connectivity index (χ4n) is 3.85. The Morgan fingerprint density at radius 2 is 1.86 bits per heavy atom. The fraction of sp³-hybridized carbons (Fsp3) is 0.375. The summed E-state index contributed by atoms with van der Waals surface area (Å²) in [6.45, 7) is 5.18. The number of aryl methyl sites for hydroxylation is 1. The fourth-order valence-corrected chi connectivity index (χ4v) is 3.85. The van der Waals surface area contributed by atoms with E-state index in [-0.39, 0.29) is 11.8 Å². The van der Waals surface area contributed by atoms with Crippen LogP contribution < -0.4 is 5.32 Å².